The number of rotatable bonds is 1. The van der Waals surface area contributed by atoms with E-state index in [9.17, 15) is 0 Å². The van der Waals surface area contributed by atoms with Gasteiger partial charge in [-0.1, -0.05) is 90.5 Å². The smallest absolute Gasteiger partial charge is 0.0171 e. The minimum atomic E-state index is 0.575. The summed E-state index contributed by atoms with van der Waals surface area (Å²) in [4.78, 5) is 0. The zero-order valence-electron chi connectivity index (χ0n) is 12.2. The van der Waals surface area contributed by atoms with Crippen LogP contribution < -0.4 is 0 Å². The molecule has 2 unspecified atom stereocenters. The van der Waals surface area contributed by atoms with E-state index in [4.69, 9.17) is 0 Å². The fourth-order valence-electron chi connectivity index (χ4n) is 3.95. The fraction of sp³-hybridized carbons (Fsp3) is 0.0909. The van der Waals surface area contributed by atoms with Gasteiger partial charge in [0.05, 0.1) is 0 Å². The molecule has 0 amide bonds. The monoisotopic (exact) mass is 280 g/mol. The zero-order valence-corrected chi connectivity index (χ0v) is 12.2. The molecule has 0 aliphatic heterocycles. The van der Waals surface area contributed by atoms with Gasteiger partial charge < -0.3 is 0 Å². The maximum absolute atomic E-state index is 2.38. The standard InChI is InChI=1S/C22H16/c1-2-8-15(9-3-1)14-20-21-18-12-6-4-10-16(18)17-11-5-7-13-19(17)22(20)21/h1-14,21-22H. The first-order chi connectivity index (χ1) is 10.9. The average Bonchev–Trinajstić information content (AvgIpc) is 3.30. The maximum Gasteiger partial charge on any atom is 0.0171 e. The highest BCUT2D eigenvalue weighted by molar-refractivity contribution is 5.84. The lowest BCUT2D eigenvalue weighted by atomic mass is 9.86. The molecule has 0 nitrogen and oxygen atoms in total. The lowest BCUT2D eigenvalue weighted by molar-refractivity contribution is 1.01. The van der Waals surface area contributed by atoms with E-state index in [1.54, 1.807) is 5.57 Å². The molecule has 1 saturated carbocycles. The third kappa shape index (κ3) is 1.64. The van der Waals surface area contributed by atoms with Crippen LogP contribution in [0.2, 0.25) is 0 Å². The molecule has 0 saturated heterocycles. The summed E-state index contributed by atoms with van der Waals surface area (Å²) in [7, 11) is 0. The van der Waals surface area contributed by atoms with E-state index in [2.05, 4.69) is 84.9 Å². The first-order valence-electron chi connectivity index (χ1n) is 7.88. The van der Waals surface area contributed by atoms with Crippen molar-refractivity contribution in [1.29, 1.82) is 0 Å². The van der Waals surface area contributed by atoms with Crippen LogP contribution in [0.4, 0.5) is 0 Å². The predicted molar refractivity (Wildman–Crippen MR) is 91.8 cm³/mol. The molecule has 22 heavy (non-hydrogen) atoms. The van der Waals surface area contributed by atoms with Crippen molar-refractivity contribution < 1.29 is 0 Å². The predicted octanol–water partition coefficient (Wildman–Crippen LogP) is 5.63. The number of hydrogen-bond acceptors (Lipinski definition) is 0. The molecular formula is C22H16. The Labute approximate surface area is 130 Å². The summed E-state index contributed by atoms with van der Waals surface area (Å²) in [5.41, 5.74) is 8.68. The Kier molecular flexibility index (Phi) is 2.42. The summed E-state index contributed by atoms with van der Waals surface area (Å²) >= 11 is 0. The Bertz CT molecular complexity index is 833. The molecule has 3 aromatic rings. The van der Waals surface area contributed by atoms with Crippen LogP contribution in [0, 0.1) is 0 Å². The molecule has 0 bridgehead atoms. The van der Waals surface area contributed by atoms with Crippen molar-refractivity contribution in [3.63, 3.8) is 0 Å². The van der Waals surface area contributed by atoms with Crippen molar-refractivity contribution in [3.8, 4) is 11.1 Å². The largest absolute Gasteiger partial charge is 0.0622 e. The van der Waals surface area contributed by atoms with Gasteiger partial charge in [-0.15, -0.1) is 0 Å². The Morgan fingerprint density at radius 1 is 0.545 bits per heavy atom. The van der Waals surface area contributed by atoms with Gasteiger partial charge in [0, 0.05) is 11.8 Å². The molecule has 2 aliphatic carbocycles. The summed E-state index contributed by atoms with van der Waals surface area (Å²) in [5, 5.41) is 0. The van der Waals surface area contributed by atoms with Gasteiger partial charge in [-0.05, 0) is 27.8 Å². The Balaban J connectivity index is 1.70. The second kappa shape index (κ2) is 4.45. The highest BCUT2D eigenvalue weighted by Crippen LogP contribution is 2.66. The van der Waals surface area contributed by atoms with Gasteiger partial charge in [0.25, 0.3) is 0 Å². The molecular weight excluding hydrogens is 264 g/mol. The van der Waals surface area contributed by atoms with Gasteiger partial charge >= 0.3 is 0 Å². The Morgan fingerprint density at radius 3 is 1.64 bits per heavy atom. The van der Waals surface area contributed by atoms with Crippen LogP contribution >= 0.6 is 0 Å². The molecule has 3 aromatic carbocycles. The lowest BCUT2D eigenvalue weighted by Crippen LogP contribution is -1.98. The number of benzene rings is 3. The van der Waals surface area contributed by atoms with Crippen molar-refractivity contribution in [2.45, 2.75) is 11.8 Å². The summed E-state index contributed by atoms with van der Waals surface area (Å²) in [5.74, 6) is 1.15. The molecule has 0 heterocycles. The fourth-order valence-corrected chi connectivity index (χ4v) is 3.95. The third-order valence-corrected chi connectivity index (χ3v) is 4.96. The minimum absolute atomic E-state index is 0.575. The van der Waals surface area contributed by atoms with Gasteiger partial charge in [0.2, 0.25) is 0 Å². The molecule has 104 valence electrons. The molecule has 1 fully saturated rings. The van der Waals surface area contributed by atoms with Crippen LogP contribution in [0.1, 0.15) is 28.5 Å². The van der Waals surface area contributed by atoms with Crippen molar-refractivity contribution >= 4 is 6.08 Å². The molecule has 2 aliphatic rings. The molecule has 0 radical (unpaired) electrons. The van der Waals surface area contributed by atoms with E-state index in [1.165, 1.54) is 27.8 Å². The molecule has 0 aromatic heterocycles. The summed E-state index contributed by atoms with van der Waals surface area (Å²) < 4.78 is 0. The third-order valence-electron chi connectivity index (χ3n) is 4.96. The normalized spacial score (nSPS) is 20.6. The highest BCUT2D eigenvalue weighted by Gasteiger charge is 2.50. The van der Waals surface area contributed by atoms with Gasteiger partial charge in [0.15, 0.2) is 0 Å². The van der Waals surface area contributed by atoms with Crippen LogP contribution in [0.15, 0.2) is 84.4 Å². The maximum atomic E-state index is 2.38. The van der Waals surface area contributed by atoms with E-state index >= 15 is 0 Å². The van der Waals surface area contributed by atoms with Crippen LogP contribution in [0.3, 0.4) is 0 Å². The second-order valence-corrected chi connectivity index (χ2v) is 6.18. The molecule has 0 N–H and O–H groups in total. The Hall–Kier alpha value is -2.60. The highest BCUT2D eigenvalue weighted by atomic mass is 14.5. The summed E-state index contributed by atoms with van der Waals surface area (Å²) in [6.07, 6.45) is 2.38. The van der Waals surface area contributed by atoms with Crippen molar-refractivity contribution in [3.05, 3.63) is 101 Å². The minimum Gasteiger partial charge on any atom is -0.0622 e. The lowest BCUT2D eigenvalue weighted by Gasteiger charge is -2.18. The Morgan fingerprint density at radius 2 is 1.05 bits per heavy atom. The summed E-state index contributed by atoms with van der Waals surface area (Å²) in [6, 6.07) is 28.5. The van der Waals surface area contributed by atoms with Crippen molar-refractivity contribution in [2.24, 2.45) is 0 Å². The number of fused-ring (bicyclic) bond motifs is 6. The van der Waals surface area contributed by atoms with Crippen LogP contribution in [-0.4, -0.2) is 0 Å². The first kappa shape index (κ1) is 12.0. The van der Waals surface area contributed by atoms with Crippen molar-refractivity contribution in [1.82, 2.24) is 0 Å². The molecule has 0 spiro atoms. The van der Waals surface area contributed by atoms with Gasteiger partial charge in [-0.25, -0.2) is 0 Å². The quantitative estimate of drug-likeness (QED) is 0.542. The van der Waals surface area contributed by atoms with E-state index in [0.29, 0.717) is 11.8 Å². The molecule has 5 rings (SSSR count). The van der Waals surface area contributed by atoms with E-state index < -0.39 is 0 Å². The molecule has 2 atom stereocenters. The van der Waals surface area contributed by atoms with Gasteiger partial charge in [-0.2, -0.15) is 0 Å². The van der Waals surface area contributed by atoms with Crippen molar-refractivity contribution in [2.75, 3.05) is 0 Å². The van der Waals surface area contributed by atoms with Crippen LogP contribution in [0.5, 0.6) is 0 Å². The second-order valence-electron chi connectivity index (χ2n) is 6.18. The van der Waals surface area contributed by atoms with E-state index in [1.807, 2.05) is 0 Å². The summed E-state index contributed by atoms with van der Waals surface area (Å²) in [6.45, 7) is 0. The van der Waals surface area contributed by atoms with Crippen LogP contribution in [-0.2, 0) is 0 Å². The van der Waals surface area contributed by atoms with Crippen LogP contribution in [0.25, 0.3) is 17.2 Å². The topological polar surface area (TPSA) is 0 Å². The van der Waals surface area contributed by atoms with Gasteiger partial charge in [0.1, 0.15) is 0 Å². The van der Waals surface area contributed by atoms with E-state index in [0.717, 1.165) is 0 Å². The average molecular weight is 280 g/mol. The molecule has 0 heteroatoms. The number of allylic oxidation sites excluding steroid dienone is 1. The zero-order chi connectivity index (χ0) is 14.5. The number of hydrogen-bond donors (Lipinski definition) is 0. The SMILES string of the molecule is C(=C1C2c3ccccc3-c3ccccc3C12)c1ccccc1. The van der Waals surface area contributed by atoms with Gasteiger partial charge in [-0.3, -0.25) is 0 Å². The van der Waals surface area contributed by atoms with E-state index in [-0.39, 0.29) is 0 Å². The first-order valence-corrected chi connectivity index (χ1v) is 7.88.